The summed E-state index contributed by atoms with van der Waals surface area (Å²) in [5.41, 5.74) is 15.8. The Kier molecular flexibility index (Phi) is 13.1. The smallest absolute Gasteiger partial charge is 0.123 e. The van der Waals surface area contributed by atoms with E-state index in [0.717, 1.165) is 101 Å². The summed E-state index contributed by atoms with van der Waals surface area (Å²) in [5, 5.41) is 3.63. The minimum atomic E-state index is -1.34. The Morgan fingerprint density at radius 3 is 1.84 bits per heavy atom. The zero-order valence-electron chi connectivity index (χ0n) is 38.4. The number of aromatic nitrogens is 3. The summed E-state index contributed by atoms with van der Waals surface area (Å²) in [4.78, 5) is 10.0. The van der Waals surface area contributed by atoms with Crippen LogP contribution in [-0.2, 0) is 26.5 Å². The normalized spacial score (nSPS) is 11.4. The van der Waals surface area contributed by atoms with Gasteiger partial charge in [0, 0.05) is 37.4 Å². The van der Waals surface area contributed by atoms with Crippen LogP contribution >= 0.6 is 0 Å². The van der Waals surface area contributed by atoms with E-state index in [1.807, 2.05) is 36.4 Å². The molecule has 3 heterocycles. The van der Waals surface area contributed by atoms with E-state index in [1.165, 1.54) is 10.8 Å². The number of benzene rings is 8. The van der Waals surface area contributed by atoms with Gasteiger partial charge in [-0.05, 0) is 68.9 Å². The van der Waals surface area contributed by atoms with Gasteiger partial charge in [-0.2, -0.15) is 0 Å². The molecule has 6 heteroatoms. The molecule has 11 aromatic rings. The molecule has 4 nitrogen and oxygen atoms in total. The Morgan fingerprint density at radius 1 is 0.612 bits per heavy atom. The number of para-hydroxylation sites is 4. The molecule has 0 bridgehead atoms. The molecule has 0 saturated carbocycles. The van der Waals surface area contributed by atoms with Crippen molar-refractivity contribution in [2.75, 3.05) is 0 Å². The van der Waals surface area contributed by atoms with E-state index in [9.17, 15) is 0 Å². The van der Waals surface area contributed by atoms with Crippen LogP contribution in [0.5, 0.6) is 0 Å². The van der Waals surface area contributed by atoms with Gasteiger partial charge in [-0.25, -0.2) is 0 Å². The largest absolute Gasteiger partial charge is 0.477 e. The van der Waals surface area contributed by atoms with Crippen molar-refractivity contribution in [3.05, 3.63) is 218 Å². The molecule has 3 aromatic heterocycles. The predicted octanol–water partition coefficient (Wildman–Crippen LogP) is 15.7. The summed E-state index contributed by atoms with van der Waals surface area (Å²) < 4.78 is 8.80. The quantitative estimate of drug-likeness (QED) is 0.107. The van der Waals surface area contributed by atoms with Gasteiger partial charge in [-0.1, -0.05) is 196 Å². The van der Waals surface area contributed by atoms with Gasteiger partial charge in [0.2, 0.25) is 0 Å². The maximum atomic E-state index is 6.49. The van der Waals surface area contributed by atoms with Crippen molar-refractivity contribution >= 4 is 46.2 Å². The van der Waals surface area contributed by atoms with Crippen molar-refractivity contribution in [2.45, 2.75) is 39.9 Å². The second kappa shape index (κ2) is 19.5. The third-order valence-electron chi connectivity index (χ3n) is 12.1. The molecule has 67 heavy (non-hydrogen) atoms. The Morgan fingerprint density at radius 2 is 1.21 bits per heavy atom. The standard InChI is InChI=1S/C43H27N2O.C18H24NSi.Ir/c1-4-15-29(16-5-1)33-22-14-23-34(30-17-6-2-7-18-30)42(33)45-38-25-12-11-24-37(38)44-43(45)32-27-36(31-19-8-3-9-20-31)41-35-21-10-13-26-39(35)46-40(41)28-32;1-14(2)11-16-12-17(15-9-7-6-8-10-15)19-13-18(16)20(3,4)5;/h1-27H;6-9,12-14H,11H2,1-5H3;/q2*-1;. The van der Waals surface area contributed by atoms with Crippen LogP contribution in [0, 0.1) is 18.1 Å². The van der Waals surface area contributed by atoms with Crippen molar-refractivity contribution in [2.24, 2.45) is 5.92 Å². The molecule has 0 unspecified atom stereocenters. The molecule has 0 amide bonds. The van der Waals surface area contributed by atoms with Gasteiger partial charge in [-0.3, -0.25) is 4.98 Å². The molecule has 0 atom stereocenters. The van der Waals surface area contributed by atoms with Crippen LogP contribution in [0.15, 0.2) is 205 Å². The van der Waals surface area contributed by atoms with Crippen LogP contribution in [0.25, 0.3) is 94.7 Å². The number of furan rings is 1. The topological polar surface area (TPSA) is 43.9 Å². The minimum Gasteiger partial charge on any atom is -0.477 e. The summed E-state index contributed by atoms with van der Waals surface area (Å²) in [7, 11) is -1.34. The van der Waals surface area contributed by atoms with E-state index in [-0.39, 0.29) is 20.1 Å². The average Bonchev–Trinajstić information content (AvgIpc) is 3.93. The van der Waals surface area contributed by atoms with Crippen LogP contribution < -0.4 is 5.19 Å². The monoisotopic (exact) mass is 1060 g/mol. The summed E-state index contributed by atoms with van der Waals surface area (Å²) >= 11 is 0. The zero-order chi connectivity index (χ0) is 45.2. The molecule has 0 fully saturated rings. The second-order valence-corrected chi connectivity index (χ2v) is 23.3. The van der Waals surface area contributed by atoms with Gasteiger partial charge in [0.15, 0.2) is 0 Å². The Bertz CT molecular complexity index is 3390. The molecule has 0 aliphatic heterocycles. The van der Waals surface area contributed by atoms with Crippen molar-refractivity contribution in [1.29, 1.82) is 0 Å². The number of rotatable bonds is 9. The average molecular weight is 1060 g/mol. The van der Waals surface area contributed by atoms with Gasteiger partial charge >= 0.3 is 0 Å². The maximum Gasteiger partial charge on any atom is 0.123 e. The molecule has 0 aliphatic rings. The molecule has 331 valence electrons. The first kappa shape index (κ1) is 45.2. The number of hydrogen-bond donors (Lipinski definition) is 0. The first-order valence-corrected chi connectivity index (χ1v) is 26.3. The number of imidazole rings is 1. The van der Waals surface area contributed by atoms with Crippen molar-refractivity contribution in [3.8, 4) is 61.7 Å². The zero-order valence-corrected chi connectivity index (χ0v) is 41.8. The fourth-order valence-corrected chi connectivity index (χ4v) is 10.7. The SMILES string of the molecule is CC(C)Cc1cc(-c2[c-]cccc2)ncc1[Si](C)(C)C.[Ir].[c-]1c(-c2nc3ccccc3n2-c2c(-c3ccccc3)cccc2-c2ccccc2)cc(-c2ccccc2)c2c1oc1ccccc12. The Balaban J connectivity index is 0.000000226. The molecule has 1 radical (unpaired) electrons. The molecule has 0 N–H and O–H groups in total. The first-order valence-electron chi connectivity index (χ1n) is 22.8. The van der Waals surface area contributed by atoms with Gasteiger partial charge in [0.05, 0.1) is 36.2 Å². The van der Waals surface area contributed by atoms with E-state index >= 15 is 0 Å². The molecule has 0 aliphatic carbocycles. The Labute approximate surface area is 408 Å². The van der Waals surface area contributed by atoms with Gasteiger partial charge < -0.3 is 14.0 Å². The molecule has 8 aromatic carbocycles. The van der Waals surface area contributed by atoms with E-state index in [1.54, 1.807) is 0 Å². The predicted molar refractivity (Wildman–Crippen MR) is 279 cm³/mol. The van der Waals surface area contributed by atoms with Crippen LogP contribution in [0.1, 0.15) is 19.4 Å². The van der Waals surface area contributed by atoms with Crippen molar-refractivity contribution in [1.82, 2.24) is 14.5 Å². The summed E-state index contributed by atoms with van der Waals surface area (Å²) in [6.07, 6.45) is 3.24. The maximum absolute atomic E-state index is 6.49. The fourth-order valence-electron chi connectivity index (χ4n) is 9.14. The van der Waals surface area contributed by atoms with E-state index in [2.05, 4.69) is 219 Å². The molecule has 0 spiro atoms. The van der Waals surface area contributed by atoms with Gasteiger partial charge in [0.25, 0.3) is 0 Å². The minimum absolute atomic E-state index is 0. The molecular formula is C61H51IrN3OSi-2. The van der Waals surface area contributed by atoms with Crippen LogP contribution in [0.2, 0.25) is 19.6 Å². The Hall–Kier alpha value is -6.95. The number of fused-ring (bicyclic) bond motifs is 4. The van der Waals surface area contributed by atoms with E-state index in [4.69, 9.17) is 9.40 Å². The van der Waals surface area contributed by atoms with Gasteiger partial charge in [-0.15, -0.1) is 47.5 Å². The van der Waals surface area contributed by atoms with Crippen LogP contribution in [0.3, 0.4) is 0 Å². The molecule has 0 saturated heterocycles. The molecular weight excluding hydrogens is 1010 g/mol. The number of pyridine rings is 1. The first-order chi connectivity index (χ1) is 32.2. The third-order valence-corrected chi connectivity index (χ3v) is 14.2. The van der Waals surface area contributed by atoms with Gasteiger partial charge in [0.1, 0.15) is 5.58 Å². The van der Waals surface area contributed by atoms with Crippen LogP contribution in [-0.4, -0.2) is 22.6 Å². The van der Waals surface area contributed by atoms with Crippen LogP contribution in [0.4, 0.5) is 0 Å². The summed E-state index contributed by atoms with van der Waals surface area (Å²) in [5.74, 6) is 1.47. The van der Waals surface area contributed by atoms with Crippen molar-refractivity contribution < 1.29 is 24.5 Å². The van der Waals surface area contributed by atoms with Crippen molar-refractivity contribution in [3.63, 3.8) is 0 Å². The number of nitrogens with zero attached hydrogens (tertiary/aromatic N) is 3. The molecule has 11 rings (SSSR count). The van der Waals surface area contributed by atoms with E-state index < -0.39 is 8.07 Å². The number of hydrogen-bond acceptors (Lipinski definition) is 3. The second-order valence-electron chi connectivity index (χ2n) is 18.3. The van der Waals surface area contributed by atoms with E-state index in [0.29, 0.717) is 5.92 Å². The summed E-state index contributed by atoms with van der Waals surface area (Å²) in [6.45, 7) is 11.7. The fraction of sp³-hybridized carbons (Fsp3) is 0.115. The third kappa shape index (κ3) is 9.26. The summed E-state index contributed by atoms with van der Waals surface area (Å²) in [6, 6.07) is 74.4.